The third kappa shape index (κ3) is 6.42. The Balaban J connectivity index is 1.66. The molecule has 11 heteroatoms. The molecule has 206 valence electrons. The summed E-state index contributed by atoms with van der Waals surface area (Å²) in [5.74, 6) is -2.78. The lowest BCUT2D eigenvalue weighted by Gasteiger charge is -2.33. The average Bonchev–Trinajstić information content (AvgIpc) is 3.37. The average molecular weight is 537 g/mol. The van der Waals surface area contributed by atoms with Gasteiger partial charge in [-0.1, -0.05) is 49.1 Å². The van der Waals surface area contributed by atoms with Crippen molar-refractivity contribution in [2.24, 2.45) is 5.92 Å². The van der Waals surface area contributed by atoms with E-state index in [2.05, 4.69) is 5.32 Å². The fourth-order valence-corrected chi connectivity index (χ4v) is 5.41. The summed E-state index contributed by atoms with van der Waals surface area (Å²) in [7, 11) is 0. The van der Waals surface area contributed by atoms with Gasteiger partial charge < -0.3 is 20.2 Å². The maximum Gasteiger partial charge on any atom is 0.305 e. The van der Waals surface area contributed by atoms with Gasteiger partial charge in [-0.2, -0.15) is 0 Å². The Labute approximate surface area is 225 Å². The van der Waals surface area contributed by atoms with Crippen molar-refractivity contribution < 1.29 is 29.2 Å². The Morgan fingerprint density at radius 2 is 1.72 bits per heavy atom. The zero-order chi connectivity index (χ0) is 28.1. The monoisotopic (exact) mass is 536 g/mol. The molecular formula is C28H32N4O7. The van der Waals surface area contributed by atoms with Gasteiger partial charge in [0.1, 0.15) is 0 Å². The van der Waals surface area contributed by atoms with Crippen LogP contribution in [-0.2, 0) is 14.4 Å². The summed E-state index contributed by atoms with van der Waals surface area (Å²) in [5, 5.41) is 23.5. The molecule has 2 fully saturated rings. The second kappa shape index (κ2) is 12.1. The number of non-ortho nitro benzene ring substituents is 1. The van der Waals surface area contributed by atoms with E-state index in [1.54, 1.807) is 18.2 Å². The zero-order valence-corrected chi connectivity index (χ0v) is 21.7. The van der Waals surface area contributed by atoms with Crippen molar-refractivity contribution in [2.75, 3.05) is 13.1 Å². The summed E-state index contributed by atoms with van der Waals surface area (Å²) in [6.45, 7) is 2.16. The number of hydrogen-bond acceptors (Lipinski definition) is 6. The van der Waals surface area contributed by atoms with E-state index in [0.717, 1.165) is 24.8 Å². The number of amides is 3. The maximum absolute atomic E-state index is 13.8. The molecule has 1 saturated heterocycles. The van der Waals surface area contributed by atoms with Gasteiger partial charge in [0.25, 0.3) is 17.5 Å². The van der Waals surface area contributed by atoms with Gasteiger partial charge >= 0.3 is 5.97 Å². The lowest BCUT2D eigenvalue weighted by molar-refractivity contribution is -0.384. The largest absolute Gasteiger partial charge is 0.481 e. The Bertz CT molecular complexity index is 1270. The molecule has 0 bridgehead atoms. The molecule has 0 radical (unpaired) electrons. The molecule has 39 heavy (non-hydrogen) atoms. The second-order valence-electron chi connectivity index (χ2n) is 10.1. The number of hydrogen-bond donors (Lipinski definition) is 2. The van der Waals surface area contributed by atoms with Crippen molar-refractivity contribution >= 4 is 29.4 Å². The van der Waals surface area contributed by atoms with Crippen molar-refractivity contribution in [1.29, 1.82) is 0 Å². The fraction of sp³-hybridized carbons (Fsp3) is 0.429. The minimum atomic E-state index is -1.28. The first-order valence-corrected chi connectivity index (χ1v) is 13.1. The van der Waals surface area contributed by atoms with Crippen molar-refractivity contribution in [1.82, 2.24) is 15.1 Å². The topological polar surface area (TPSA) is 150 Å². The molecule has 1 aliphatic heterocycles. The Morgan fingerprint density at radius 1 is 1.03 bits per heavy atom. The lowest BCUT2D eigenvalue weighted by Crippen LogP contribution is -2.55. The highest BCUT2D eigenvalue weighted by Gasteiger charge is 2.45. The number of nitrogens with one attached hydrogen (secondary N) is 1. The molecule has 1 heterocycles. The predicted molar refractivity (Wildman–Crippen MR) is 141 cm³/mol. The number of nitrogens with zero attached hydrogens (tertiary/aromatic N) is 3. The Hall–Kier alpha value is -4.28. The van der Waals surface area contributed by atoms with Crippen molar-refractivity contribution in [2.45, 2.75) is 57.7 Å². The molecule has 2 N–H and O–H groups in total. The second-order valence-corrected chi connectivity index (χ2v) is 10.1. The van der Waals surface area contributed by atoms with Crippen LogP contribution in [0.25, 0.3) is 0 Å². The molecule has 2 aromatic carbocycles. The van der Waals surface area contributed by atoms with E-state index < -0.39 is 41.3 Å². The minimum Gasteiger partial charge on any atom is -0.481 e. The highest BCUT2D eigenvalue weighted by atomic mass is 16.6. The van der Waals surface area contributed by atoms with Gasteiger partial charge in [0, 0.05) is 36.7 Å². The smallest absolute Gasteiger partial charge is 0.305 e. The number of nitro groups is 1. The third-order valence-electron chi connectivity index (χ3n) is 7.35. The molecule has 3 amide bonds. The van der Waals surface area contributed by atoms with Gasteiger partial charge in [0.2, 0.25) is 5.91 Å². The summed E-state index contributed by atoms with van der Waals surface area (Å²) >= 11 is 0. The van der Waals surface area contributed by atoms with Crippen LogP contribution in [0.4, 0.5) is 5.69 Å². The molecule has 0 aromatic heterocycles. The summed E-state index contributed by atoms with van der Waals surface area (Å²) in [6.07, 6.45) is 2.49. The van der Waals surface area contributed by atoms with Gasteiger partial charge in [0.15, 0.2) is 6.17 Å². The number of carboxylic acid groups (broad SMARTS) is 1. The van der Waals surface area contributed by atoms with Crippen LogP contribution in [0.3, 0.4) is 0 Å². The van der Waals surface area contributed by atoms with E-state index in [-0.39, 0.29) is 36.2 Å². The molecule has 2 aliphatic rings. The summed E-state index contributed by atoms with van der Waals surface area (Å²) in [4.78, 5) is 66.0. The molecule has 0 spiro atoms. The molecular weight excluding hydrogens is 504 g/mol. The quantitative estimate of drug-likeness (QED) is 0.388. The number of aliphatic carboxylic acids is 1. The Kier molecular flexibility index (Phi) is 8.58. The molecule has 2 unspecified atom stereocenters. The summed E-state index contributed by atoms with van der Waals surface area (Å²) in [6, 6.07) is 11.2. The zero-order valence-electron chi connectivity index (χ0n) is 21.7. The van der Waals surface area contributed by atoms with E-state index in [4.69, 9.17) is 0 Å². The van der Waals surface area contributed by atoms with E-state index in [1.807, 2.05) is 13.0 Å². The number of carbonyl (C=O) groups excluding carboxylic acids is 3. The van der Waals surface area contributed by atoms with Crippen LogP contribution in [0.15, 0.2) is 48.5 Å². The molecule has 11 nitrogen and oxygen atoms in total. The summed E-state index contributed by atoms with van der Waals surface area (Å²) in [5.41, 5.74) is 1.23. The van der Waals surface area contributed by atoms with Crippen LogP contribution in [0, 0.1) is 23.0 Å². The van der Waals surface area contributed by atoms with Crippen LogP contribution < -0.4 is 5.32 Å². The number of carbonyl (C=O) groups is 4. The number of aryl methyl sites for hydroxylation is 1. The van der Waals surface area contributed by atoms with Gasteiger partial charge in [-0.3, -0.25) is 29.3 Å². The molecule has 4 rings (SSSR count). The molecule has 2 atom stereocenters. The van der Waals surface area contributed by atoms with Gasteiger partial charge in [-0.05, 0) is 37.5 Å². The lowest BCUT2D eigenvalue weighted by atomic mass is 9.88. The van der Waals surface area contributed by atoms with Crippen LogP contribution >= 0.6 is 0 Å². The molecule has 2 aromatic rings. The van der Waals surface area contributed by atoms with Crippen LogP contribution in [0.5, 0.6) is 0 Å². The van der Waals surface area contributed by atoms with Crippen molar-refractivity contribution in [3.8, 4) is 0 Å². The SMILES string of the molecule is Cc1cccc(C(=O)N2CCN(C(=O)C3CCCCC3)C2C(=O)NC(CC(=O)O)c2cccc([N+](=O)[O-])c2)c1. The van der Waals surface area contributed by atoms with Gasteiger partial charge in [-0.15, -0.1) is 0 Å². The standard InChI is InChI=1S/C28H32N4O7/c1-18-7-5-11-21(15-18)28(37)31-14-13-30(27(36)19-8-3-2-4-9-19)26(31)25(35)29-23(17-24(33)34)20-10-6-12-22(16-20)32(38)39/h5-7,10-12,15-16,19,23,26H,2-4,8-9,13-14,17H2,1H3,(H,29,35)(H,33,34). The highest BCUT2D eigenvalue weighted by molar-refractivity contribution is 5.99. The van der Waals surface area contributed by atoms with E-state index in [9.17, 15) is 34.4 Å². The van der Waals surface area contributed by atoms with Gasteiger partial charge in [-0.25, -0.2) is 0 Å². The highest BCUT2D eigenvalue weighted by Crippen LogP contribution is 2.30. The third-order valence-corrected chi connectivity index (χ3v) is 7.35. The van der Waals surface area contributed by atoms with Gasteiger partial charge in [0.05, 0.1) is 17.4 Å². The first kappa shape index (κ1) is 27.7. The van der Waals surface area contributed by atoms with E-state index >= 15 is 0 Å². The number of rotatable bonds is 8. The van der Waals surface area contributed by atoms with E-state index in [0.29, 0.717) is 18.4 Å². The predicted octanol–water partition coefficient (Wildman–Crippen LogP) is 3.43. The normalized spacial score (nSPS) is 18.4. The fourth-order valence-electron chi connectivity index (χ4n) is 5.41. The van der Waals surface area contributed by atoms with Crippen molar-refractivity contribution in [3.05, 3.63) is 75.3 Å². The Morgan fingerprint density at radius 3 is 2.38 bits per heavy atom. The number of nitro benzene ring substituents is 1. The summed E-state index contributed by atoms with van der Waals surface area (Å²) < 4.78 is 0. The van der Waals surface area contributed by atoms with Crippen molar-refractivity contribution in [3.63, 3.8) is 0 Å². The molecule has 1 saturated carbocycles. The number of carboxylic acids is 1. The minimum absolute atomic E-state index is 0.143. The van der Waals surface area contributed by atoms with E-state index in [1.165, 1.54) is 34.1 Å². The first-order valence-electron chi connectivity index (χ1n) is 13.1. The van der Waals surface area contributed by atoms with Crippen LogP contribution in [-0.4, -0.2) is 62.8 Å². The van der Waals surface area contributed by atoms with Crippen LogP contribution in [0.1, 0.15) is 66.1 Å². The maximum atomic E-state index is 13.8. The number of benzene rings is 2. The van der Waals surface area contributed by atoms with Crippen LogP contribution in [0.2, 0.25) is 0 Å². The molecule has 1 aliphatic carbocycles. The first-order chi connectivity index (χ1) is 18.7.